The van der Waals surface area contributed by atoms with E-state index >= 15 is 0 Å². The van der Waals surface area contributed by atoms with Gasteiger partial charge in [-0.15, -0.1) is 0 Å². The molecule has 0 spiro atoms. The molecule has 0 radical (unpaired) electrons. The van der Waals surface area contributed by atoms with Gasteiger partial charge in [-0.2, -0.15) is 5.10 Å². The van der Waals surface area contributed by atoms with Crippen molar-refractivity contribution in [3.8, 4) is 5.69 Å². The van der Waals surface area contributed by atoms with E-state index < -0.39 is 0 Å². The lowest BCUT2D eigenvalue weighted by molar-refractivity contribution is 0.282. The molecule has 0 unspecified atom stereocenters. The van der Waals surface area contributed by atoms with E-state index in [9.17, 15) is 0 Å². The van der Waals surface area contributed by atoms with Crippen LogP contribution in [0.25, 0.3) is 5.69 Å². The van der Waals surface area contributed by atoms with Crippen molar-refractivity contribution in [1.29, 1.82) is 0 Å². The smallest absolute Gasteiger partial charge is 0.0791 e. The monoisotopic (exact) mass is 308 g/mol. The molecule has 0 atom stereocenters. The normalized spacial score (nSPS) is 10.9. The van der Waals surface area contributed by atoms with Crippen molar-refractivity contribution >= 4 is 15.9 Å². The maximum Gasteiger partial charge on any atom is 0.0791 e. The number of aryl methyl sites for hydroxylation is 2. The lowest BCUT2D eigenvalue weighted by Crippen LogP contribution is -2.03. The van der Waals surface area contributed by atoms with E-state index in [4.69, 9.17) is 5.11 Å². The van der Waals surface area contributed by atoms with Gasteiger partial charge in [0.05, 0.1) is 18.0 Å². The lowest BCUT2D eigenvalue weighted by Gasteiger charge is -2.09. The standard InChI is InChI=1S/C14H17BrN2O/c1-3-11-8-12(4-2)17(16-11)14-6-5-10(9-18)7-13(14)15/h5-8,18H,3-4,9H2,1-2H3. The van der Waals surface area contributed by atoms with Crippen LogP contribution in [0.4, 0.5) is 0 Å². The summed E-state index contributed by atoms with van der Waals surface area (Å²) in [6, 6.07) is 7.99. The number of hydrogen-bond donors (Lipinski definition) is 1. The maximum atomic E-state index is 9.12. The number of hydrogen-bond acceptors (Lipinski definition) is 2. The average Bonchev–Trinajstić information content (AvgIpc) is 2.81. The van der Waals surface area contributed by atoms with Crippen LogP contribution >= 0.6 is 15.9 Å². The average molecular weight is 309 g/mol. The Morgan fingerprint density at radius 1 is 1.22 bits per heavy atom. The molecule has 1 heterocycles. The van der Waals surface area contributed by atoms with Crippen LogP contribution in [0.3, 0.4) is 0 Å². The van der Waals surface area contributed by atoms with Crippen LogP contribution in [0, 0.1) is 0 Å². The molecule has 0 aliphatic rings. The first kappa shape index (κ1) is 13.3. The number of aromatic nitrogens is 2. The maximum absolute atomic E-state index is 9.12. The molecule has 0 aliphatic heterocycles. The summed E-state index contributed by atoms with van der Waals surface area (Å²) in [5.41, 5.74) is 4.21. The summed E-state index contributed by atoms with van der Waals surface area (Å²) >= 11 is 3.55. The van der Waals surface area contributed by atoms with E-state index in [1.807, 2.05) is 22.9 Å². The Kier molecular flexibility index (Phi) is 4.19. The van der Waals surface area contributed by atoms with Crippen molar-refractivity contribution in [3.63, 3.8) is 0 Å². The number of benzene rings is 1. The molecular formula is C14H17BrN2O. The molecule has 1 aromatic heterocycles. The van der Waals surface area contributed by atoms with Gasteiger partial charge in [0.25, 0.3) is 0 Å². The van der Waals surface area contributed by atoms with Crippen LogP contribution < -0.4 is 0 Å². The predicted octanol–water partition coefficient (Wildman–Crippen LogP) is 3.25. The number of aliphatic hydroxyl groups excluding tert-OH is 1. The third kappa shape index (κ3) is 2.49. The highest BCUT2D eigenvalue weighted by Gasteiger charge is 2.10. The fourth-order valence-electron chi connectivity index (χ4n) is 1.93. The van der Waals surface area contributed by atoms with Crippen LogP contribution in [0.15, 0.2) is 28.7 Å². The highest BCUT2D eigenvalue weighted by Crippen LogP contribution is 2.24. The summed E-state index contributed by atoms with van der Waals surface area (Å²) in [6.07, 6.45) is 1.88. The molecule has 0 fully saturated rings. The van der Waals surface area contributed by atoms with E-state index in [0.29, 0.717) is 0 Å². The van der Waals surface area contributed by atoms with Crippen LogP contribution in [0.2, 0.25) is 0 Å². The summed E-state index contributed by atoms with van der Waals surface area (Å²) < 4.78 is 2.93. The molecule has 96 valence electrons. The summed E-state index contributed by atoms with van der Waals surface area (Å²) in [5, 5.41) is 13.7. The molecule has 0 saturated heterocycles. The Morgan fingerprint density at radius 2 is 2.00 bits per heavy atom. The molecule has 2 aromatic rings. The van der Waals surface area contributed by atoms with E-state index in [1.165, 1.54) is 5.69 Å². The molecule has 0 saturated carbocycles. The quantitative estimate of drug-likeness (QED) is 0.941. The number of nitrogens with zero attached hydrogens (tertiary/aromatic N) is 2. The van der Waals surface area contributed by atoms with Crippen molar-refractivity contribution in [2.45, 2.75) is 33.3 Å². The molecule has 3 nitrogen and oxygen atoms in total. The molecule has 0 amide bonds. The zero-order valence-corrected chi connectivity index (χ0v) is 12.2. The first-order valence-electron chi connectivity index (χ1n) is 6.17. The molecule has 0 aliphatic carbocycles. The van der Waals surface area contributed by atoms with Crippen molar-refractivity contribution < 1.29 is 5.11 Å². The largest absolute Gasteiger partial charge is 0.392 e. The third-order valence-corrected chi connectivity index (χ3v) is 3.62. The van der Waals surface area contributed by atoms with E-state index in [2.05, 4.69) is 40.9 Å². The van der Waals surface area contributed by atoms with Crippen molar-refractivity contribution in [2.24, 2.45) is 0 Å². The summed E-state index contributed by atoms with van der Waals surface area (Å²) in [5.74, 6) is 0. The predicted molar refractivity (Wildman–Crippen MR) is 75.9 cm³/mol. The zero-order valence-electron chi connectivity index (χ0n) is 10.7. The number of rotatable bonds is 4. The second-order valence-corrected chi connectivity index (χ2v) is 5.04. The Hall–Kier alpha value is -1.13. The molecular weight excluding hydrogens is 292 g/mol. The van der Waals surface area contributed by atoms with Crippen molar-refractivity contribution in [2.75, 3.05) is 0 Å². The topological polar surface area (TPSA) is 38.0 Å². The number of halogens is 1. The first-order valence-corrected chi connectivity index (χ1v) is 6.96. The van der Waals surface area contributed by atoms with Gasteiger partial charge in [-0.3, -0.25) is 0 Å². The highest BCUT2D eigenvalue weighted by atomic mass is 79.9. The minimum Gasteiger partial charge on any atom is -0.392 e. The fraction of sp³-hybridized carbons (Fsp3) is 0.357. The van der Waals surface area contributed by atoms with Gasteiger partial charge in [0.1, 0.15) is 0 Å². The van der Waals surface area contributed by atoms with Crippen molar-refractivity contribution in [1.82, 2.24) is 9.78 Å². The van der Waals surface area contributed by atoms with Gasteiger partial charge in [0.15, 0.2) is 0 Å². The summed E-state index contributed by atoms with van der Waals surface area (Å²) in [7, 11) is 0. The Labute approximate surface area is 116 Å². The van der Waals surface area contributed by atoms with E-state index in [1.54, 1.807) is 0 Å². The van der Waals surface area contributed by atoms with Gasteiger partial charge in [-0.1, -0.05) is 19.9 Å². The van der Waals surface area contributed by atoms with Gasteiger partial charge >= 0.3 is 0 Å². The molecule has 2 rings (SSSR count). The minimum absolute atomic E-state index is 0.0544. The second-order valence-electron chi connectivity index (χ2n) is 4.19. The molecule has 4 heteroatoms. The zero-order chi connectivity index (χ0) is 13.1. The van der Waals surface area contributed by atoms with Gasteiger partial charge in [-0.25, -0.2) is 4.68 Å². The Balaban J connectivity index is 2.50. The fourth-order valence-corrected chi connectivity index (χ4v) is 2.52. The third-order valence-electron chi connectivity index (χ3n) is 2.98. The summed E-state index contributed by atoms with van der Waals surface area (Å²) in [6.45, 7) is 4.29. The van der Waals surface area contributed by atoms with Crippen LogP contribution in [-0.2, 0) is 19.4 Å². The number of aliphatic hydroxyl groups is 1. The Bertz CT molecular complexity index is 549. The van der Waals surface area contributed by atoms with Gasteiger partial charge in [0, 0.05) is 10.2 Å². The van der Waals surface area contributed by atoms with E-state index in [0.717, 1.165) is 34.3 Å². The van der Waals surface area contributed by atoms with Crippen LogP contribution in [0.5, 0.6) is 0 Å². The minimum atomic E-state index is 0.0544. The van der Waals surface area contributed by atoms with Crippen LogP contribution in [-0.4, -0.2) is 14.9 Å². The molecule has 1 N–H and O–H groups in total. The molecule has 0 bridgehead atoms. The first-order chi connectivity index (χ1) is 8.69. The SMILES string of the molecule is CCc1cc(CC)n(-c2ccc(CO)cc2Br)n1. The van der Waals surface area contributed by atoms with Crippen molar-refractivity contribution in [3.05, 3.63) is 45.7 Å². The van der Waals surface area contributed by atoms with Gasteiger partial charge in [0.2, 0.25) is 0 Å². The van der Waals surface area contributed by atoms with Gasteiger partial charge < -0.3 is 5.11 Å². The molecule has 18 heavy (non-hydrogen) atoms. The lowest BCUT2D eigenvalue weighted by atomic mass is 10.2. The summed E-state index contributed by atoms with van der Waals surface area (Å²) in [4.78, 5) is 0. The second kappa shape index (κ2) is 5.67. The van der Waals surface area contributed by atoms with Gasteiger partial charge in [-0.05, 0) is 52.5 Å². The highest BCUT2D eigenvalue weighted by molar-refractivity contribution is 9.10. The molecule has 1 aromatic carbocycles. The van der Waals surface area contributed by atoms with Crippen LogP contribution in [0.1, 0.15) is 30.8 Å². The Morgan fingerprint density at radius 3 is 2.56 bits per heavy atom. The van der Waals surface area contributed by atoms with E-state index in [-0.39, 0.29) is 6.61 Å².